The number of benzene rings is 2. The van der Waals surface area contributed by atoms with Crippen LogP contribution in [0.15, 0.2) is 36.4 Å². The zero-order valence-corrected chi connectivity index (χ0v) is 14.2. The number of thiazole rings is 1. The molecule has 7 heteroatoms. The van der Waals surface area contributed by atoms with Gasteiger partial charge in [-0.1, -0.05) is 17.4 Å². The number of aromatic nitrogens is 1. The Bertz CT molecular complexity index is 892. The maximum atomic E-state index is 10.8. The summed E-state index contributed by atoms with van der Waals surface area (Å²) in [7, 11) is 0. The van der Waals surface area contributed by atoms with E-state index < -0.39 is 4.92 Å². The van der Waals surface area contributed by atoms with Crippen molar-refractivity contribution in [3.05, 3.63) is 57.6 Å². The summed E-state index contributed by atoms with van der Waals surface area (Å²) in [6, 6.07) is 10.7. The number of hydrogen-bond donors (Lipinski definition) is 1. The number of anilines is 1. The molecule has 1 heterocycles. The number of nitro groups is 1. The van der Waals surface area contributed by atoms with Crippen molar-refractivity contribution in [1.82, 2.24) is 4.98 Å². The second-order valence-corrected chi connectivity index (χ2v) is 6.48. The quantitative estimate of drug-likeness (QED) is 0.410. The van der Waals surface area contributed by atoms with E-state index in [0.717, 1.165) is 21.1 Å². The van der Waals surface area contributed by atoms with Crippen LogP contribution in [-0.2, 0) is 0 Å². The Morgan fingerprint density at radius 3 is 2.79 bits per heavy atom. The van der Waals surface area contributed by atoms with E-state index in [1.54, 1.807) is 12.1 Å². The monoisotopic (exact) mass is 343 g/mol. The van der Waals surface area contributed by atoms with Crippen molar-refractivity contribution in [2.24, 2.45) is 0 Å². The van der Waals surface area contributed by atoms with Crippen molar-refractivity contribution in [3.8, 4) is 5.75 Å². The minimum Gasteiger partial charge on any atom is -0.492 e. The van der Waals surface area contributed by atoms with Crippen LogP contribution in [0, 0.1) is 24.0 Å². The van der Waals surface area contributed by atoms with E-state index in [4.69, 9.17) is 4.74 Å². The molecule has 6 nitrogen and oxygen atoms in total. The van der Waals surface area contributed by atoms with Gasteiger partial charge in [0, 0.05) is 12.1 Å². The Hall–Kier alpha value is -2.67. The van der Waals surface area contributed by atoms with Gasteiger partial charge in [-0.05, 0) is 43.2 Å². The van der Waals surface area contributed by atoms with Gasteiger partial charge >= 0.3 is 0 Å². The molecular weight excluding hydrogens is 326 g/mol. The molecule has 1 N–H and O–H groups in total. The average Bonchev–Trinajstić information content (AvgIpc) is 2.96. The molecule has 0 atom stereocenters. The molecule has 0 aliphatic heterocycles. The van der Waals surface area contributed by atoms with E-state index in [1.165, 1.54) is 28.5 Å². The zero-order valence-electron chi connectivity index (χ0n) is 13.4. The van der Waals surface area contributed by atoms with Gasteiger partial charge in [0.1, 0.15) is 12.4 Å². The lowest BCUT2D eigenvalue weighted by molar-refractivity contribution is -0.384. The highest BCUT2D eigenvalue weighted by Gasteiger charge is 2.10. The summed E-state index contributed by atoms with van der Waals surface area (Å²) in [5.41, 5.74) is 3.27. The Labute approximate surface area is 143 Å². The van der Waals surface area contributed by atoms with Gasteiger partial charge in [-0.3, -0.25) is 10.1 Å². The SMILES string of the molecule is Cc1ccc(OCCNc2nc3ccc([N+](=O)[O-])cc3s2)cc1C. The molecule has 0 aliphatic carbocycles. The van der Waals surface area contributed by atoms with Gasteiger partial charge < -0.3 is 10.1 Å². The van der Waals surface area contributed by atoms with Crippen molar-refractivity contribution < 1.29 is 9.66 Å². The van der Waals surface area contributed by atoms with Gasteiger partial charge in [0.15, 0.2) is 5.13 Å². The average molecular weight is 343 g/mol. The second kappa shape index (κ2) is 6.84. The normalized spacial score (nSPS) is 10.8. The summed E-state index contributed by atoms with van der Waals surface area (Å²) in [4.78, 5) is 14.8. The molecule has 124 valence electrons. The number of fused-ring (bicyclic) bond motifs is 1. The van der Waals surface area contributed by atoms with Crippen LogP contribution in [0.5, 0.6) is 5.75 Å². The number of ether oxygens (including phenoxy) is 1. The first-order valence-electron chi connectivity index (χ1n) is 7.52. The zero-order chi connectivity index (χ0) is 17.1. The van der Waals surface area contributed by atoms with E-state index in [-0.39, 0.29) is 5.69 Å². The molecule has 2 aromatic carbocycles. The molecule has 0 fully saturated rings. The molecule has 1 aromatic heterocycles. The highest BCUT2D eigenvalue weighted by Crippen LogP contribution is 2.29. The van der Waals surface area contributed by atoms with Crippen molar-refractivity contribution in [2.45, 2.75) is 13.8 Å². The standard InChI is InChI=1S/C17H17N3O3S/c1-11-3-5-14(9-12(11)2)23-8-7-18-17-19-15-6-4-13(20(21)22)10-16(15)24-17/h3-6,9-10H,7-8H2,1-2H3,(H,18,19). The summed E-state index contributed by atoms with van der Waals surface area (Å²) in [6.07, 6.45) is 0. The van der Waals surface area contributed by atoms with E-state index >= 15 is 0 Å². The first-order chi connectivity index (χ1) is 11.5. The number of nitro benzene ring substituents is 1. The molecule has 3 rings (SSSR count). The van der Waals surface area contributed by atoms with Crippen LogP contribution in [0.1, 0.15) is 11.1 Å². The summed E-state index contributed by atoms with van der Waals surface area (Å²) >= 11 is 1.40. The van der Waals surface area contributed by atoms with E-state index in [9.17, 15) is 10.1 Å². The Kier molecular flexibility index (Phi) is 4.61. The van der Waals surface area contributed by atoms with Crippen molar-refractivity contribution >= 4 is 32.4 Å². The Morgan fingerprint density at radius 2 is 2.04 bits per heavy atom. The number of rotatable bonds is 6. The van der Waals surface area contributed by atoms with Gasteiger partial charge in [-0.2, -0.15) is 0 Å². The Morgan fingerprint density at radius 1 is 1.21 bits per heavy atom. The molecule has 0 amide bonds. The third-order valence-electron chi connectivity index (χ3n) is 3.71. The summed E-state index contributed by atoms with van der Waals surface area (Å²) in [5.74, 6) is 0.847. The third kappa shape index (κ3) is 3.62. The van der Waals surface area contributed by atoms with Crippen LogP contribution in [0.4, 0.5) is 10.8 Å². The topological polar surface area (TPSA) is 77.3 Å². The largest absolute Gasteiger partial charge is 0.492 e. The minimum absolute atomic E-state index is 0.0794. The van der Waals surface area contributed by atoms with Crippen LogP contribution in [0.2, 0.25) is 0 Å². The molecule has 0 unspecified atom stereocenters. The third-order valence-corrected chi connectivity index (χ3v) is 4.68. The van der Waals surface area contributed by atoms with Gasteiger partial charge in [-0.15, -0.1) is 0 Å². The highest BCUT2D eigenvalue weighted by atomic mass is 32.1. The number of non-ortho nitro benzene ring substituents is 1. The lowest BCUT2D eigenvalue weighted by atomic mass is 10.1. The summed E-state index contributed by atoms with van der Waals surface area (Å²) < 4.78 is 6.51. The minimum atomic E-state index is -0.399. The molecule has 0 saturated carbocycles. The fourth-order valence-electron chi connectivity index (χ4n) is 2.23. The lowest BCUT2D eigenvalue weighted by Crippen LogP contribution is -2.11. The fraction of sp³-hybridized carbons (Fsp3) is 0.235. The van der Waals surface area contributed by atoms with Crippen molar-refractivity contribution in [3.63, 3.8) is 0 Å². The predicted octanol–water partition coefficient (Wildman–Crippen LogP) is 4.31. The number of aryl methyl sites for hydroxylation is 2. The van der Waals surface area contributed by atoms with Gasteiger partial charge in [0.05, 0.1) is 21.7 Å². The molecule has 0 spiro atoms. The number of hydrogen-bond acceptors (Lipinski definition) is 6. The maximum absolute atomic E-state index is 10.8. The van der Waals surface area contributed by atoms with Crippen LogP contribution in [0.3, 0.4) is 0 Å². The van der Waals surface area contributed by atoms with Crippen LogP contribution in [-0.4, -0.2) is 23.1 Å². The van der Waals surface area contributed by atoms with Gasteiger partial charge in [0.2, 0.25) is 0 Å². The van der Waals surface area contributed by atoms with Gasteiger partial charge in [0.25, 0.3) is 5.69 Å². The molecule has 24 heavy (non-hydrogen) atoms. The summed E-state index contributed by atoms with van der Waals surface area (Å²) in [5, 5.41) is 14.7. The van der Waals surface area contributed by atoms with E-state index in [1.807, 2.05) is 18.2 Å². The number of nitrogens with one attached hydrogen (secondary N) is 1. The second-order valence-electron chi connectivity index (χ2n) is 5.45. The van der Waals surface area contributed by atoms with Crippen LogP contribution in [0.25, 0.3) is 10.2 Å². The van der Waals surface area contributed by atoms with Crippen molar-refractivity contribution in [2.75, 3.05) is 18.5 Å². The molecular formula is C17H17N3O3S. The maximum Gasteiger partial charge on any atom is 0.270 e. The van der Waals surface area contributed by atoms with Crippen LogP contribution < -0.4 is 10.1 Å². The van der Waals surface area contributed by atoms with E-state index in [0.29, 0.717) is 13.2 Å². The molecule has 0 aliphatic rings. The predicted molar refractivity (Wildman–Crippen MR) is 96.2 cm³/mol. The first kappa shape index (κ1) is 16.2. The van der Waals surface area contributed by atoms with Crippen molar-refractivity contribution in [1.29, 1.82) is 0 Å². The molecule has 0 bridgehead atoms. The van der Waals surface area contributed by atoms with E-state index in [2.05, 4.69) is 24.1 Å². The molecule has 0 radical (unpaired) electrons. The Balaban J connectivity index is 1.57. The van der Waals surface area contributed by atoms with Gasteiger partial charge in [-0.25, -0.2) is 4.98 Å². The molecule has 3 aromatic rings. The molecule has 0 saturated heterocycles. The number of nitrogens with zero attached hydrogens (tertiary/aromatic N) is 2. The van der Waals surface area contributed by atoms with Crippen LogP contribution >= 0.6 is 11.3 Å². The highest BCUT2D eigenvalue weighted by molar-refractivity contribution is 7.22. The first-order valence-corrected chi connectivity index (χ1v) is 8.33. The lowest BCUT2D eigenvalue weighted by Gasteiger charge is -2.08. The summed E-state index contributed by atoms with van der Waals surface area (Å²) in [6.45, 7) is 5.24. The fourth-order valence-corrected chi connectivity index (χ4v) is 3.16. The smallest absolute Gasteiger partial charge is 0.270 e.